The highest BCUT2D eigenvalue weighted by Gasteiger charge is 2.30. The van der Waals surface area contributed by atoms with Gasteiger partial charge in [0.1, 0.15) is 11.9 Å². The molecular formula is C12H12FN7. The maximum absolute atomic E-state index is 12.8. The third kappa shape index (κ3) is 1.69. The molecule has 4 heterocycles. The van der Waals surface area contributed by atoms with Gasteiger partial charge in [0.15, 0.2) is 0 Å². The molecule has 20 heavy (non-hydrogen) atoms. The second-order valence-corrected chi connectivity index (χ2v) is 4.78. The molecule has 0 amide bonds. The number of hydrogen-bond acceptors (Lipinski definition) is 6. The Morgan fingerprint density at radius 1 is 1.35 bits per heavy atom. The van der Waals surface area contributed by atoms with E-state index in [4.69, 9.17) is 0 Å². The van der Waals surface area contributed by atoms with Crippen LogP contribution in [0.3, 0.4) is 0 Å². The van der Waals surface area contributed by atoms with E-state index >= 15 is 0 Å². The summed E-state index contributed by atoms with van der Waals surface area (Å²) in [6.07, 6.45) is 6.15. The van der Waals surface area contributed by atoms with E-state index in [-0.39, 0.29) is 6.17 Å². The van der Waals surface area contributed by atoms with Gasteiger partial charge >= 0.3 is 6.08 Å². The molecule has 7 nitrogen and oxygen atoms in total. The molecule has 2 aliphatic rings. The van der Waals surface area contributed by atoms with Crippen LogP contribution in [0, 0.1) is 6.08 Å². The lowest BCUT2D eigenvalue weighted by Crippen LogP contribution is -2.45. The van der Waals surface area contributed by atoms with Crippen LogP contribution in [-0.2, 0) is 6.54 Å². The van der Waals surface area contributed by atoms with Crippen LogP contribution in [0.4, 0.5) is 4.39 Å². The van der Waals surface area contributed by atoms with E-state index in [1.54, 1.807) is 4.68 Å². The molecule has 2 aromatic rings. The molecule has 0 fully saturated rings. The van der Waals surface area contributed by atoms with Crippen LogP contribution < -0.4 is 10.7 Å². The molecule has 0 spiro atoms. The summed E-state index contributed by atoms with van der Waals surface area (Å²) in [6, 6.07) is 0. The summed E-state index contributed by atoms with van der Waals surface area (Å²) >= 11 is 0. The number of halogens is 1. The largest absolute Gasteiger partial charge is 0.317 e. The van der Waals surface area contributed by atoms with Gasteiger partial charge < -0.3 is 5.01 Å². The fraction of sp³-hybridized carbons (Fsp3) is 0.250. The zero-order chi connectivity index (χ0) is 13.7. The zero-order valence-corrected chi connectivity index (χ0v) is 10.7. The second kappa shape index (κ2) is 4.09. The van der Waals surface area contributed by atoms with Crippen molar-refractivity contribution in [2.75, 3.05) is 7.05 Å². The van der Waals surface area contributed by atoms with Gasteiger partial charge in [-0.15, -0.1) is 0 Å². The molecule has 102 valence electrons. The minimum absolute atomic E-state index is 0.106. The SMILES string of the molecule is CN1C=C2c3cn(-c4cnc(F)nc4)nc3CNC2N1. The molecule has 0 aromatic carbocycles. The lowest BCUT2D eigenvalue weighted by atomic mass is 10.0. The fourth-order valence-corrected chi connectivity index (χ4v) is 2.51. The predicted molar refractivity (Wildman–Crippen MR) is 68.6 cm³/mol. The summed E-state index contributed by atoms with van der Waals surface area (Å²) in [4.78, 5) is 7.10. The van der Waals surface area contributed by atoms with Crippen molar-refractivity contribution < 1.29 is 4.39 Å². The van der Waals surface area contributed by atoms with Crippen LogP contribution in [0.25, 0.3) is 11.3 Å². The third-order valence-electron chi connectivity index (χ3n) is 3.42. The monoisotopic (exact) mass is 273 g/mol. The van der Waals surface area contributed by atoms with Gasteiger partial charge in [-0.05, 0) is 0 Å². The van der Waals surface area contributed by atoms with Crippen molar-refractivity contribution in [2.24, 2.45) is 0 Å². The number of nitrogens with zero attached hydrogens (tertiary/aromatic N) is 5. The Hall–Kier alpha value is -2.32. The summed E-state index contributed by atoms with van der Waals surface area (Å²) in [7, 11) is 1.95. The van der Waals surface area contributed by atoms with Gasteiger partial charge in [0.2, 0.25) is 0 Å². The molecule has 2 aromatic heterocycles. The minimum atomic E-state index is -0.739. The molecule has 0 saturated carbocycles. The van der Waals surface area contributed by atoms with Gasteiger partial charge in [-0.25, -0.2) is 20.1 Å². The summed E-state index contributed by atoms with van der Waals surface area (Å²) in [6.45, 7) is 0.674. The number of nitrogens with one attached hydrogen (secondary N) is 2. The van der Waals surface area contributed by atoms with Crippen molar-refractivity contribution in [1.29, 1.82) is 0 Å². The van der Waals surface area contributed by atoms with Crippen molar-refractivity contribution in [1.82, 2.24) is 35.5 Å². The summed E-state index contributed by atoms with van der Waals surface area (Å²) in [5, 5.41) is 9.77. The normalized spacial score (nSPS) is 20.6. The van der Waals surface area contributed by atoms with Gasteiger partial charge in [-0.2, -0.15) is 9.49 Å². The van der Waals surface area contributed by atoms with E-state index in [9.17, 15) is 4.39 Å². The molecule has 1 atom stereocenters. The first-order valence-electron chi connectivity index (χ1n) is 6.21. The van der Waals surface area contributed by atoms with Crippen molar-refractivity contribution in [2.45, 2.75) is 12.7 Å². The first kappa shape index (κ1) is 11.5. The van der Waals surface area contributed by atoms with E-state index in [0.29, 0.717) is 12.2 Å². The Morgan fingerprint density at radius 2 is 2.15 bits per heavy atom. The van der Waals surface area contributed by atoms with Crippen LogP contribution in [0.15, 0.2) is 24.8 Å². The molecule has 2 aliphatic heterocycles. The van der Waals surface area contributed by atoms with E-state index in [2.05, 4.69) is 25.8 Å². The predicted octanol–water partition coefficient (Wildman–Crippen LogP) is 0.0216. The first-order chi connectivity index (χ1) is 9.70. The molecule has 2 N–H and O–H groups in total. The quantitative estimate of drug-likeness (QED) is 0.714. The summed E-state index contributed by atoms with van der Waals surface area (Å²) in [5.41, 5.74) is 7.08. The topological polar surface area (TPSA) is 70.9 Å². The van der Waals surface area contributed by atoms with Gasteiger partial charge in [0.25, 0.3) is 0 Å². The van der Waals surface area contributed by atoms with Crippen molar-refractivity contribution in [3.63, 3.8) is 0 Å². The number of hydrogen-bond donors (Lipinski definition) is 2. The molecule has 4 rings (SSSR count). The Morgan fingerprint density at radius 3 is 2.95 bits per heavy atom. The van der Waals surface area contributed by atoms with E-state index < -0.39 is 6.08 Å². The highest BCUT2D eigenvalue weighted by atomic mass is 19.1. The molecule has 0 radical (unpaired) electrons. The van der Waals surface area contributed by atoms with Crippen molar-refractivity contribution in [3.8, 4) is 5.69 Å². The van der Waals surface area contributed by atoms with E-state index in [1.165, 1.54) is 12.4 Å². The average Bonchev–Trinajstić information content (AvgIpc) is 3.01. The van der Waals surface area contributed by atoms with Gasteiger partial charge in [0, 0.05) is 37.1 Å². The lowest BCUT2D eigenvalue weighted by molar-refractivity contribution is 0.304. The first-order valence-corrected chi connectivity index (χ1v) is 6.21. The Kier molecular flexibility index (Phi) is 2.35. The Balaban J connectivity index is 1.77. The molecule has 0 bridgehead atoms. The smallest absolute Gasteiger partial charge is 0.308 e. The van der Waals surface area contributed by atoms with Crippen LogP contribution in [0.1, 0.15) is 11.3 Å². The van der Waals surface area contributed by atoms with Crippen LogP contribution in [0.5, 0.6) is 0 Å². The zero-order valence-electron chi connectivity index (χ0n) is 10.7. The number of fused-ring (bicyclic) bond motifs is 3. The summed E-state index contributed by atoms with van der Waals surface area (Å²) in [5.74, 6) is 0. The van der Waals surface area contributed by atoms with Crippen molar-refractivity contribution in [3.05, 3.63) is 42.1 Å². The van der Waals surface area contributed by atoms with Crippen molar-refractivity contribution >= 4 is 5.57 Å². The standard InChI is InChI=1S/C12H12FN7/c1-19-5-9-8-6-20(7-2-15-12(13)16-3-7)17-10(8)4-14-11(9)18-19/h2-3,5-6,11,14,18H,4H2,1H3. The van der Waals surface area contributed by atoms with Crippen LogP contribution in [-0.4, -0.2) is 38.0 Å². The highest BCUT2D eigenvalue weighted by molar-refractivity contribution is 5.73. The van der Waals surface area contributed by atoms with Crippen LogP contribution >= 0.6 is 0 Å². The van der Waals surface area contributed by atoms with Crippen LogP contribution in [0.2, 0.25) is 0 Å². The van der Waals surface area contributed by atoms with Gasteiger partial charge in [-0.3, -0.25) is 5.32 Å². The Bertz CT molecular complexity index is 690. The molecule has 1 unspecified atom stereocenters. The average molecular weight is 273 g/mol. The molecule has 0 aliphatic carbocycles. The third-order valence-corrected chi connectivity index (χ3v) is 3.42. The molecular weight excluding hydrogens is 261 g/mol. The van der Waals surface area contributed by atoms with E-state index in [1.807, 2.05) is 24.5 Å². The number of rotatable bonds is 1. The number of hydrazine groups is 1. The molecule has 0 saturated heterocycles. The maximum atomic E-state index is 12.8. The minimum Gasteiger partial charge on any atom is -0.317 e. The fourth-order valence-electron chi connectivity index (χ4n) is 2.51. The lowest BCUT2D eigenvalue weighted by Gasteiger charge is -2.22. The molecule has 8 heteroatoms. The highest BCUT2D eigenvalue weighted by Crippen LogP contribution is 2.29. The number of aromatic nitrogens is 4. The second-order valence-electron chi connectivity index (χ2n) is 4.78. The van der Waals surface area contributed by atoms with Gasteiger partial charge in [0.05, 0.1) is 18.1 Å². The summed E-state index contributed by atoms with van der Waals surface area (Å²) < 4.78 is 14.4. The van der Waals surface area contributed by atoms with Gasteiger partial charge in [-0.1, -0.05) is 0 Å². The maximum Gasteiger partial charge on any atom is 0.308 e. The van der Waals surface area contributed by atoms with E-state index in [0.717, 1.165) is 16.8 Å². The Labute approximate surface area is 114 Å².